The number of aromatic nitrogens is 1. The number of hydrogen-bond acceptors (Lipinski definition) is 4. The second-order valence-corrected chi connectivity index (χ2v) is 6.17. The van der Waals surface area contributed by atoms with Gasteiger partial charge in [-0.3, -0.25) is 19.4 Å². The van der Waals surface area contributed by atoms with Gasteiger partial charge in [-0.25, -0.2) is 0 Å². The Labute approximate surface area is 148 Å². The number of amides is 3. The summed E-state index contributed by atoms with van der Waals surface area (Å²) < 4.78 is 0. The topological polar surface area (TPSA) is 91.4 Å². The smallest absolute Gasteiger partial charge is 0.242 e. The molecule has 1 fully saturated rings. The summed E-state index contributed by atoms with van der Waals surface area (Å²) in [6, 6.07) is 3.00. The van der Waals surface area contributed by atoms with Crippen molar-refractivity contribution in [3.63, 3.8) is 0 Å². The highest BCUT2D eigenvalue weighted by Gasteiger charge is 2.31. The highest BCUT2D eigenvalue weighted by atomic mass is 16.2. The van der Waals surface area contributed by atoms with E-state index in [1.807, 2.05) is 6.92 Å². The van der Waals surface area contributed by atoms with E-state index in [9.17, 15) is 14.4 Å². The first-order valence-corrected chi connectivity index (χ1v) is 8.89. The van der Waals surface area contributed by atoms with E-state index in [2.05, 4.69) is 15.6 Å². The summed E-state index contributed by atoms with van der Waals surface area (Å²) in [5, 5.41) is 5.53. The van der Waals surface area contributed by atoms with Crippen LogP contribution in [0.5, 0.6) is 0 Å². The lowest BCUT2D eigenvalue weighted by Crippen LogP contribution is -2.52. The Kier molecular flexibility index (Phi) is 7.37. The first-order valence-electron chi connectivity index (χ1n) is 8.89. The molecule has 7 nitrogen and oxygen atoms in total. The molecule has 0 aliphatic carbocycles. The number of nitrogens with one attached hydrogen (secondary N) is 2. The fourth-order valence-corrected chi connectivity index (χ4v) is 2.94. The number of anilines is 1. The zero-order valence-corrected chi connectivity index (χ0v) is 14.7. The van der Waals surface area contributed by atoms with Crippen LogP contribution in [0.15, 0.2) is 24.5 Å². The summed E-state index contributed by atoms with van der Waals surface area (Å²) in [6.07, 6.45) is 7.19. The molecule has 136 valence electrons. The number of hydrogen-bond donors (Lipinski definition) is 2. The third kappa shape index (κ3) is 5.85. The number of carbonyl (C=O) groups is 3. The summed E-state index contributed by atoms with van der Waals surface area (Å²) in [7, 11) is 0. The van der Waals surface area contributed by atoms with Gasteiger partial charge in [0.25, 0.3) is 0 Å². The molecule has 0 saturated carbocycles. The minimum Gasteiger partial charge on any atom is -0.354 e. The third-order valence-electron chi connectivity index (χ3n) is 4.21. The van der Waals surface area contributed by atoms with E-state index in [-0.39, 0.29) is 30.7 Å². The number of pyridine rings is 1. The molecule has 2 rings (SSSR count). The predicted molar refractivity (Wildman–Crippen MR) is 94.8 cm³/mol. The van der Waals surface area contributed by atoms with Gasteiger partial charge in [-0.15, -0.1) is 0 Å². The molecule has 2 heterocycles. The quantitative estimate of drug-likeness (QED) is 0.786. The minimum atomic E-state index is -0.406. The number of carbonyl (C=O) groups excluding carboxylic acids is 3. The SMILES string of the molecule is CCCC(=O)N1CCCC[C@H]1C(=O)NCCC(=O)Nc1ccncc1. The van der Waals surface area contributed by atoms with E-state index in [1.165, 1.54) is 0 Å². The lowest BCUT2D eigenvalue weighted by Gasteiger charge is -2.34. The molecule has 0 spiro atoms. The Bertz CT molecular complexity index is 591. The van der Waals surface area contributed by atoms with Gasteiger partial charge in [-0.1, -0.05) is 6.92 Å². The van der Waals surface area contributed by atoms with Gasteiger partial charge < -0.3 is 15.5 Å². The second-order valence-electron chi connectivity index (χ2n) is 6.17. The maximum atomic E-state index is 12.4. The zero-order valence-electron chi connectivity index (χ0n) is 14.7. The van der Waals surface area contributed by atoms with Crippen molar-refractivity contribution in [2.24, 2.45) is 0 Å². The van der Waals surface area contributed by atoms with Crippen molar-refractivity contribution in [3.8, 4) is 0 Å². The van der Waals surface area contributed by atoms with Crippen molar-refractivity contribution in [1.82, 2.24) is 15.2 Å². The molecular formula is C18H26N4O3. The van der Waals surface area contributed by atoms with E-state index >= 15 is 0 Å². The van der Waals surface area contributed by atoms with Gasteiger partial charge in [-0.2, -0.15) is 0 Å². The number of likely N-dealkylation sites (tertiary alicyclic amines) is 1. The predicted octanol–water partition coefficient (Wildman–Crippen LogP) is 1.71. The molecule has 0 aromatic carbocycles. The maximum Gasteiger partial charge on any atom is 0.242 e. The van der Waals surface area contributed by atoms with Crippen LogP contribution in [-0.4, -0.2) is 46.7 Å². The third-order valence-corrected chi connectivity index (χ3v) is 4.21. The van der Waals surface area contributed by atoms with Crippen LogP contribution in [0.25, 0.3) is 0 Å². The number of nitrogens with zero attached hydrogens (tertiary/aromatic N) is 2. The summed E-state index contributed by atoms with van der Waals surface area (Å²) in [4.78, 5) is 42.0. The minimum absolute atomic E-state index is 0.0396. The molecule has 1 aliphatic heterocycles. The second kappa shape index (κ2) is 9.76. The van der Waals surface area contributed by atoms with Crippen molar-refractivity contribution < 1.29 is 14.4 Å². The first kappa shape index (κ1) is 18.9. The molecule has 25 heavy (non-hydrogen) atoms. The summed E-state index contributed by atoms with van der Waals surface area (Å²) in [5.74, 6) is -0.298. The van der Waals surface area contributed by atoms with Gasteiger partial charge >= 0.3 is 0 Å². The Hall–Kier alpha value is -2.44. The molecule has 0 unspecified atom stereocenters. The van der Waals surface area contributed by atoms with Crippen LogP contribution in [0.2, 0.25) is 0 Å². The molecular weight excluding hydrogens is 320 g/mol. The largest absolute Gasteiger partial charge is 0.354 e. The molecule has 1 aromatic rings. The van der Waals surface area contributed by atoms with Gasteiger partial charge in [-0.05, 0) is 37.8 Å². The van der Waals surface area contributed by atoms with Gasteiger partial charge in [0, 0.05) is 44.0 Å². The Morgan fingerprint density at radius 3 is 2.68 bits per heavy atom. The van der Waals surface area contributed by atoms with E-state index in [0.717, 1.165) is 19.3 Å². The molecule has 1 aromatic heterocycles. The Morgan fingerprint density at radius 1 is 1.20 bits per heavy atom. The average Bonchev–Trinajstić information content (AvgIpc) is 2.62. The summed E-state index contributed by atoms with van der Waals surface area (Å²) in [6.45, 7) is 2.85. The fraction of sp³-hybridized carbons (Fsp3) is 0.556. The molecule has 1 saturated heterocycles. The van der Waals surface area contributed by atoms with Gasteiger partial charge in [0.05, 0.1) is 0 Å². The number of rotatable bonds is 7. The van der Waals surface area contributed by atoms with E-state index in [4.69, 9.17) is 0 Å². The first-order chi connectivity index (χ1) is 12.1. The van der Waals surface area contributed by atoms with E-state index in [0.29, 0.717) is 25.1 Å². The molecule has 1 aliphatic rings. The maximum absolute atomic E-state index is 12.4. The normalized spacial score (nSPS) is 17.0. The summed E-state index contributed by atoms with van der Waals surface area (Å²) >= 11 is 0. The van der Waals surface area contributed by atoms with E-state index in [1.54, 1.807) is 29.4 Å². The highest BCUT2D eigenvalue weighted by Crippen LogP contribution is 2.18. The van der Waals surface area contributed by atoms with Crippen LogP contribution in [0.3, 0.4) is 0 Å². The van der Waals surface area contributed by atoms with Crippen molar-refractivity contribution in [1.29, 1.82) is 0 Å². The zero-order chi connectivity index (χ0) is 18.1. The monoisotopic (exact) mass is 346 g/mol. The van der Waals surface area contributed by atoms with Crippen molar-refractivity contribution in [2.75, 3.05) is 18.4 Å². The van der Waals surface area contributed by atoms with Crippen molar-refractivity contribution >= 4 is 23.4 Å². The lowest BCUT2D eigenvalue weighted by atomic mass is 10.0. The van der Waals surface area contributed by atoms with Gasteiger partial charge in [0.1, 0.15) is 6.04 Å². The van der Waals surface area contributed by atoms with Crippen molar-refractivity contribution in [3.05, 3.63) is 24.5 Å². The Morgan fingerprint density at radius 2 is 1.96 bits per heavy atom. The number of piperidine rings is 1. The van der Waals surface area contributed by atoms with Crippen LogP contribution in [0.4, 0.5) is 5.69 Å². The van der Waals surface area contributed by atoms with Crippen LogP contribution < -0.4 is 10.6 Å². The van der Waals surface area contributed by atoms with Gasteiger partial charge in [0.2, 0.25) is 17.7 Å². The molecule has 0 bridgehead atoms. The van der Waals surface area contributed by atoms with Gasteiger partial charge in [0.15, 0.2) is 0 Å². The average molecular weight is 346 g/mol. The molecule has 2 N–H and O–H groups in total. The van der Waals surface area contributed by atoms with Crippen LogP contribution in [0, 0.1) is 0 Å². The highest BCUT2D eigenvalue weighted by molar-refractivity contribution is 5.91. The molecule has 7 heteroatoms. The molecule has 3 amide bonds. The van der Waals surface area contributed by atoms with Crippen molar-refractivity contribution in [2.45, 2.75) is 51.5 Å². The Balaban J connectivity index is 1.78. The summed E-state index contributed by atoms with van der Waals surface area (Å²) in [5.41, 5.74) is 0.676. The van der Waals surface area contributed by atoms with Crippen LogP contribution in [-0.2, 0) is 14.4 Å². The van der Waals surface area contributed by atoms with E-state index < -0.39 is 6.04 Å². The fourth-order valence-electron chi connectivity index (χ4n) is 2.94. The van der Waals surface area contributed by atoms with Crippen LogP contribution in [0.1, 0.15) is 45.4 Å². The lowest BCUT2D eigenvalue weighted by molar-refractivity contribution is -0.142. The molecule has 1 atom stereocenters. The standard InChI is InChI=1S/C18H26N4O3/c1-2-5-17(24)22-13-4-3-6-15(22)18(25)20-12-9-16(23)21-14-7-10-19-11-8-14/h7-8,10-11,15H,2-6,9,12-13H2,1H3,(H,20,25)(H,19,21,23)/t15-/m0/s1. The van der Waals surface area contributed by atoms with Crippen LogP contribution >= 0.6 is 0 Å². The molecule has 0 radical (unpaired) electrons.